The van der Waals surface area contributed by atoms with Crippen molar-refractivity contribution in [3.63, 3.8) is 0 Å². The maximum absolute atomic E-state index is 6.18. The van der Waals surface area contributed by atoms with Gasteiger partial charge in [0.25, 0.3) is 0 Å². The molecular weight excluding hydrogens is 318 g/mol. The summed E-state index contributed by atoms with van der Waals surface area (Å²) in [5.41, 5.74) is 2.61. The summed E-state index contributed by atoms with van der Waals surface area (Å²) in [5, 5.41) is 2.59. The SMILES string of the molecule is CN1CO[C@@H](c2ccccc2)[C@H](c2ccc3ccccc3c2)C1.Cl. The van der Waals surface area contributed by atoms with E-state index in [4.69, 9.17) is 4.74 Å². The molecule has 0 N–H and O–H groups in total. The molecular formula is C21H22ClNO. The molecule has 4 rings (SSSR count). The van der Waals surface area contributed by atoms with Gasteiger partial charge >= 0.3 is 0 Å². The van der Waals surface area contributed by atoms with Gasteiger partial charge in [0.15, 0.2) is 0 Å². The number of ether oxygens (including phenoxy) is 1. The highest BCUT2D eigenvalue weighted by Gasteiger charge is 2.31. The highest BCUT2D eigenvalue weighted by atomic mass is 35.5. The molecule has 0 radical (unpaired) electrons. The van der Waals surface area contributed by atoms with Crippen molar-refractivity contribution in [1.82, 2.24) is 4.90 Å². The normalized spacial score (nSPS) is 21.4. The Kier molecular flexibility index (Phi) is 5.20. The molecule has 0 aliphatic carbocycles. The molecule has 1 heterocycles. The van der Waals surface area contributed by atoms with Crippen molar-refractivity contribution in [3.05, 3.63) is 83.9 Å². The van der Waals surface area contributed by atoms with E-state index in [1.165, 1.54) is 21.9 Å². The van der Waals surface area contributed by atoms with E-state index in [1.54, 1.807) is 0 Å². The van der Waals surface area contributed by atoms with Crippen molar-refractivity contribution in [1.29, 1.82) is 0 Å². The fraction of sp³-hybridized carbons (Fsp3) is 0.238. The molecule has 0 saturated carbocycles. The first-order valence-corrected chi connectivity index (χ1v) is 8.15. The Hall–Kier alpha value is -1.87. The number of nitrogens with zero attached hydrogens (tertiary/aromatic N) is 1. The Labute approximate surface area is 149 Å². The van der Waals surface area contributed by atoms with Crippen LogP contribution in [0.15, 0.2) is 72.8 Å². The van der Waals surface area contributed by atoms with Gasteiger partial charge in [0.2, 0.25) is 0 Å². The minimum atomic E-state index is 0. The van der Waals surface area contributed by atoms with Crippen LogP contribution in [0.3, 0.4) is 0 Å². The summed E-state index contributed by atoms with van der Waals surface area (Å²) in [7, 11) is 2.12. The van der Waals surface area contributed by atoms with Crippen LogP contribution in [0.1, 0.15) is 23.1 Å². The lowest BCUT2D eigenvalue weighted by Gasteiger charge is -2.37. The summed E-state index contributed by atoms with van der Waals surface area (Å²) in [5.74, 6) is 0.348. The number of rotatable bonds is 2. The molecule has 1 saturated heterocycles. The fourth-order valence-corrected chi connectivity index (χ4v) is 3.50. The summed E-state index contributed by atoms with van der Waals surface area (Å²) in [6, 6.07) is 25.9. The van der Waals surface area contributed by atoms with Crippen molar-refractivity contribution < 1.29 is 4.74 Å². The van der Waals surface area contributed by atoms with Crippen molar-refractivity contribution in [2.45, 2.75) is 12.0 Å². The predicted molar refractivity (Wildman–Crippen MR) is 102 cm³/mol. The van der Waals surface area contributed by atoms with Crippen LogP contribution in [0.2, 0.25) is 0 Å². The van der Waals surface area contributed by atoms with Gasteiger partial charge in [-0.1, -0.05) is 72.8 Å². The fourth-order valence-electron chi connectivity index (χ4n) is 3.50. The topological polar surface area (TPSA) is 12.5 Å². The zero-order valence-electron chi connectivity index (χ0n) is 13.8. The maximum atomic E-state index is 6.18. The van der Waals surface area contributed by atoms with E-state index in [2.05, 4.69) is 84.7 Å². The standard InChI is InChI=1S/C21H21NO.ClH/c1-22-14-20(21(23-15-22)17-8-3-2-4-9-17)19-12-11-16-7-5-6-10-18(16)13-19;/h2-13,20-21H,14-15H2,1H3;1H/t20-,21-;/m0./s1. The molecule has 3 aromatic rings. The smallest absolute Gasteiger partial charge is 0.0996 e. The minimum Gasteiger partial charge on any atom is -0.357 e. The van der Waals surface area contributed by atoms with E-state index in [0.29, 0.717) is 12.6 Å². The van der Waals surface area contributed by atoms with Gasteiger partial charge in [-0.2, -0.15) is 0 Å². The van der Waals surface area contributed by atoms with Crippen LogP contribution in [0.25, 0.3) is 10.8 Å². The summed E-state index contributed by atoms with van der Waals surface area (Å²) >= 11 is 0. The van der Waals surface area contributed by atoms with Gasteiger partial charge in [0, 0.05) is 12.5 Å². The Bertz CT molecular complexity index is 805. The number of benzene rings is 3. The summed E-state index contributed by atoms with van der Waals surface area (Å²) in [4.78, 5) is 2.25. The summed E-state index contributed by atoms with van der Waals surface area (Å²) in [6.45, 7) is 1.70. The van der Waals surface area contributed by atoms with Crippen LogP contribution in [0.5, 0.6) is 0 Å². The highest BCUT2D eigenvalue weighted by molar-refractivity contribution is 5.85. The van der Waals surface area contributed by atoms with E-state index < -0.39 is 0 Å². The predicted octanol–water partition coefficient (Wildman–Crippen LogP) is 5.01. The second kappa shape index (κ2) is 7.35. The molecule has 1 aliphatic rings. The Morgan fingerprint density at radius 3 is 2.33 bits per heavy atom. The van der Waals surface area contributed by atoms with Crippen molar-refractivity contribution >= 4 is 23.2 Å². The monoisotopic (exact) mass is 339 g/mol. The van der Waals surface area contributed by atoms with Gasteiger partial charge in [0.05, 0.1) is 12.8 Å². The number of hydrogen-bond donors (Lipinski definition) is 0. The van der Waals surface area contributed by atoms with Gasteiger partial charge in [-0.3, -0.25) is 4.90 Å². The lowest BCUT2D eigenvalue weighted by molar-refractivity contribution is -0.0739. The number of halogens is 1. The first-order valence-electron chi connectivity index (χ1n) is 8.15. The molecule has 0 aromatic heterocycles. The molecule has 1 aliphatic heterocycles. The third-order valence-electron chi connectivity index (χ3n) is 4.68. The number of fused-ring (bicyclic) bond motifs is 1. The molecule has 1 fully saturated rings. The van der Waals surface area contributed by atoms with Crippen LogP contribution in [0, 0.1) is 0 Å². The average molecular weight is 340 g/mol. The molecule has 0 bridgehead atoms. The Morgan fingerprint density at radius 2 is 1.54 bits per heavy atom. The zero-order chi connectivity index (χ0) is 15.6. The number of likely N-dealkylation sites (N-methyl/N-ethyl adjacent to an activating group) is 1. The van der Waals surface area contributed by atoms with Gasteiger partial charge in [-0.05, 0) is 28.9 Å². The molecule has 0 spiro atoms. The highest BCUT2D eigenvalue weighted by Crippen LogP contribution is 2.38. The number of hydrogen-bond acceptors (Lipinski definition) is 2. The Balaban J connectivity index is 0.00000169. The van der Waals surface area contributed by atoms with Crippen molar-refractivity contribution in [2.75, 3.05) is 20.3 Å². The molecule has 24 heavy (non-hydrogen) atoms. The molecule has 2 nitrogen and oxygen atoms in total. The lowest BCUT2D eigenvalue weighted by atomic mass is 9.87. The molecule has 2 atom stereocenters. The largest absolute Gasteiger partial charge is 0.357 e. The first-order chi connectivity index (χ1) is 11.3. The van der Waals surface area contributed by atoms with E-state index >= 15 is 0 Å². The van der Waals surface area contributed by atoms with E-state index in [0.717, 1.165) is 6.54 Å². The van der Waals surface area contributed by atoms with Crippen LogP contribution >= 0.6 is 12.4 Å². The van der Waals surface area contributed by atoms with Crippen LogP contribution in [-0.2, 0) is 4.74 Å². The second-order valence-electron chi connectivity index (χ2n) is 6.38. The van der Waals surface area contributed by atoms with Crippen LogP contribution in [0.4, 0.5) is 0 Å². The summed E-state index contributed by atoms with van der Waals surface area (Å²) < 4.78 is 6.18. The lowest BCUT2D eigenvalue weighted by Crippen LogP contribution is -2.37. The van der Waals surface area contributed by atoms with Crippen molar-refractivity contribution in [3.8, 4) is 0 Å². The third-order valence-corrected chi connectivity index (χ3v) is 4.68. The molecule has 3 aromatic carbocycles. The maximum Gasteiger partial charge on any atom is 0.0996 e. The minimum absolute atomic E-state index is 0. The zero-order valence-corrected chi connectivity index (χ0v) is 14.6. The van der Waals surface area contributed by atoms with Gasteiger partial charge in [-0.15, -0.1) is 12.4 Å². The molecule has 124 valence electrons. The first kappa shape index (κ1) is 17.0. The summed E-state index contributed by atoms with van der Waals surface area (Å²) in [6.07, 6.45) is 0.119. The molecule has 0 unspecified atom stereocenters. The van der Waals surface area contributed by atoms with E-state index in [9.17, 15) is 0 Å². The van der Waals surface area contributed by atoms with E-state index in [-0.39, 0.29) is 18.5 Å². The quantitative estimate of drug-likeness (QED) is 0.651. The second-order valence-corrected chi connectivity index (χ2v) is 6.38. The van der Waals surface area contributed by atoms with Gasteiger partial charge < -0.3 is 4.74 Å². The Morgan fingerprint density at radius 1 is 0.833 bits per heavy atom. The molecule has 3 heteroatoms. The molecule has 0 amide bonds. The third kappa shape index (κ3) is 3.32. The average Bonchev–Trinajstić information content (AvgIpc) is 2.62. The van der Waals surface area contributed by atoms with Gasteiger partial charge in [0.1, 0.15) is 0 Å². The van der Waals surface area contributed by atoms with Crippen molar-refractivity contribution in [2.24, 2.45) is 0 Å². The van der Waals surface area contributed by atoms with Gasteiger partial charge in [-0.25, -0.2) is 0 Å². The van der Waals surface area contributed by atoms with Crippen LogP contribution < -0.4 is 0 Å². The van der Waals surface area contributed by atoms with E-state index in [1.807, 2.05) is 0 Å². The van der Waals surface area contributed by atoms with Crippen LogP contribution in [-0.4, -0.2) is 25.2 Å².